The van der Waals surface area contributed by atoms with Gasteiger partial charge in [-0.1, -0.05) is 26.2 Å². The topological polar surface area (TPSA) is 66.4 Å². The maximum Gasteiger partial charge on any atom is 0.217 e. The van der Waals surface area contributed by atoms with Crippen molar-refractivity contribution in [2.75, 3.05) is 6.61 Å². The van der Waals surface area contributed by atoms with Crippen LogP contribution in [0.3, 0.4) is 0 Å². The van der Waals surface area contributed by atoms with Crippen molar-refractivity contribution in [1.29, 1.82) is 0 Å². The number of hydrogen-bond donors (Lipinski definition) is 0. The summed E-state index contributed by atoms with van der Waals surface area (Å²) in [6.07, 6.45) is 3.66. The summed E-state index contributed by atoms with van der Waals surface area (Å²) in [5.41, 5.74) is 0. The molecule has 0 radical (unpaired) electrons. The largest absolute Gasteiger partial charge is 0.726 e. The minimum atomic E-state index is -4.46. The summed E-state index contributed by atoms with van der Waals surface area (Å²) in [5.74, 6) is 0. The third-order valence-electron chi connectivity index (χ3n) is 1.23. The lowest BCUT2D eigenvalue weighted by Crippen LogP contribution is -2.04. The smallest absolute Gasteiger partial charge is 0.217 e. The molecule has 0 atom stereocenters. The van der Waals surface area contributed by atoms with E-state index in [1.807, 2.05) is 6.92 Å². The maximum atomic E-state index is 9.89. The Morgan fingerprint density at radius 1 is 1.27 bits per heavy atom. The van der Waals surface area contributed by atoms with Crippen molar-refractivity contribution in [2.24, 2.45) is 0 Å². The zero-order chi connectivity index (χ0) is 8.74. The second-order valence-electron chi connectivity index (χ2n) is 2.29. The van der Waals surface area contributed by atoms with Crippen LogP contribution in [0.5, 0.6) is 0 Å². The van der Waals surface area contributed by atoms with Gasteiger partial charge in [0.05, 0.1) is 6.61 Å². The summed E-state index contributed by atoms with van der Waals surface area (Å²) in [5, 5.41) is 0. The van der Waals surface area contributed by atoms with E-state index in [4.69, 9.17) is 0 Å². The molecule has 0 bridgehead atoms. The van der Waals surface area contributed by atoms with Gasteiger partial charge in [0.1, 0.15) is 0 Å². The number of hydrogen-bond acceptors (Lipinski definition) is 4. The Hall–Kier alpha value is -0.130. The van der Waals surface area contributed by atoms with Crippen LogP contribution in [0.4, 0.5) is 0 Å². The van der Waals surface area contributed by atoms with Crippen molar-refractivity contribution in [1.82, 2.24) is 0 Å². The maximum absolute atomic E-state index is 9.89. The van der Waals surface area contributed by atoms with Gasteiger partial charge < -0.3 is 4.55 Å². The Morgan fingerprint density at radius 3 is 2.36 bits per heavy atom. The molecule has 0 unspecified atom stereocenters. The average molecular weight is 181 g/mol. The van der Waals surface area contributed by atoms with E-state index in [9.17, 15) is 13.0 Å². The van der Waals surface area contributed by atoms with Gasteiger partial charge in [0, 0.05) is 0 Å². The van der Waals surface area contributed by atoms with Crippen LogP contribution in [0.15, 0.2) is 0 Å². The molecule has 0 aliphatic carbocycles. The fourth-order valence-corrected chi connectivity index (χ4v) is 1.01. The van der Waals surface area contributed by atoms with Crippen LogP contribution in [-0.2, 0) is 14.6 Å². The summed E-state index contributed by atoms with van der Waals surface area (Å²) >= 11 is 0. The van der Waals surface area contributed by atoms with E-state index in [-0.39, 0.29) is 6.61 Å². The van der Waals surface area contributed by atoms with E-state index in [2.05, 4.69) is 4.18 Å². The Morgan fingerprint density at radius 2 is 1.91 bits per heavy atom. The summed E-state index contributed by atoms with van der Waals surface area (Å²) in [6, 6.07) is 0. The van der Waals surface area contributed by atoms with Crippen LogP contribution in [-0.4, -0.2) is 19.6 Å². The van der Waals surface area contributed by atoms with E-state index in [1.165, 1.54) is 0 Å². The number of rotatable bonds is 6. The van der Waals surface area contributed by atoms with Gasteiger partial charge in [0.15, 0.2) is 0 Å². The second-order valence-corrected chi connectivity index (χ2v) is 3.34. The van der Waals surface area contributed by atoms with E-state index in [0.29, 0.717) is 6.42 Å². The third kappa shape index (κ3) is 9.87. The molecule has 0 amide bonds. The molecule has 68 valence electrons. The highest BCUT2D eigenvalue weighted by Gasteiger charge is 1.93. The summed E-state index contributed by atoms with van der Waals surface area (Å²) in [4.78, 5) is 0. The second kappa shape index (κ2) is 5.51. The molecule has 0 fully saturated rings. The molecule has 5 heteroatoms. The highest BCUT2D eigenvalue weighted by molar-refractivity contribution is 7.80. The molecule has 0 aromatic rings. The van der Waals surface area contributed by atoms with Gasteiger partial charge >= 0.3 is 0 Å². The molecule has 4 nitrogen and oxygen atoms in total. The Labute approximate surface area is 67.5 Å². The molecule has 0 aliphatic heterocycles. The number of unbranched alkanes of at least 4 members (excludes halogenated alkanes) is 3. The third-order valence-corrected chi connectivity index (χ3v) is 1.68. The van der Waals surface area contributed by atoms with Crippen molar-refractivity contribution < 1.29 is 17.2 Å². The van der Waals surface area contributed by atoms with Gasteiger partial charge in [0.25, 0.3) is 0 Å². The van der Waals surface area contributed by atoms with E-state index >= 15 is 0 Å². The van der Waals surface area contributed by atoms with Gasteiger partial charge in [-0.15, -0.1) is 0 Å². The molecule has 0 N–H and O–H groups in total. The van der Waals surface area contributed by atoms with Crippen LogP contribution in [0.2, 0.25) is 0 Å². The molecule has 0 aromatic heterocycles. The SMILES string of the molecule is CCCCCCOS(=O)(=O)[O-]. The van der Waals surface area contributed by atoms with Gasteiger partial charge in [0.2, 0.25) is 10.4 Å². The van der Waals surface area contributed by atoms with Crippen LogP contribution in [0.1, 0.15) is 32.6 Å². The lowest BCUT2D eigenvalue weighted by molar-refractivity contribution is 0.255. The van der Waals surface area contributed by atoms with E-state index in [0.717, 1.165) is 19.3 Å². The van der Waals surface area contributed by atoms with Crippen LogP contribution < -0.4 is 0 Å². The quantitative estimate of drug-likeness (QED) is 0.349. The fourth-order valence-electron chi connectivity index (χ4n) is 0.690. The van der Waals surface area contributed by atoms with Crippen molar-refractivity contribution in [3.05, 3.63) is 0 Å². The zero-order valence-electron chi connectivity index (χ0n) is 6.58. The van der Waals surface area contributed by atoms with Gasteiger partial charge in [-0.05, 0) is 6.42 Å². The van der Waals surface area contributed by atoms with Crippen LogP contribution >= 0.6 is 0 Å². The monoisotopic (exact) mass is 181 g/mol. The minimum Gasteiger partial charge on any atom is -0.726 e. The molecular weight excluding hydrogens is 168 g/mol. The first kappa shape index (κ1) is 10.9. The van der Waals surface area contributed by atoms with Crippen molar-refractivity contribution in [2.45, 2.75) is 32.6 Å². The lowest BCUT2D eigenvalue weighted by Gasteiger charge is -2.06. The molecule has 0 aromatic carbocycles. The van der Waals surface area contributed by atoms with Crippen molar-refractivity contribution in [3.8, 4) is 0 Å². The molecular formula is C6H13O4S-. The van der Waals surface area contributed by atoms with Crippen LogP contribution in [0.25, 0.3) is 0 Å². The normalized spacial score (nSPS) is 11.8. The standard InChI is InChI=1S/C6H14O4S/c1-2-3-4-5-6-10-11(7,8)9/h2-6H2,1H3,(H,7,8,9)/p-1. The Bertz CT molecular complexity index is 173. The van der Waals surface area contributed by atoms with Crippen LogP contribution in [0, 0.1) is 0 Å². The molecule has 0 saturated heterocycles. The fraction of sp³-hybridized carbons (Fsp3) is 1.00. The molecule has 0 heterocycles. The predicted octanol–water partition coefficient (Wildman–Crippen LogP) is 1.04. The van der Waals surface area contributed by atoms with E-state index in [1.54, 1.807) is 0 Å². The molecule has 0 saturated carbocycles. The average Bonchev–Trinajstić information content (AvgIpc) is 1.85. The summed E-state index contributed by atoms with van der Waals surface area (Å²) in [6.45, 7) is 2.07. The van der Waals surface area contributed by atoms with Gasteiger partial charge in [-0.2, -0.15) is 0 Å². The lowest BCUT2D eigenvalue weighted by atomic mass is 10.2. The highest BCUT2D eigenvalue weighted by atomic mass is 32.3. The summed E-state index contributed by atoms with van der Waals surface area (Å²) in [7, 11) is -4.46. The predicted molar refractivity (Wildman–Crippen MR) is 39.8 cm³/mol. The van der Waals surface area contributed by atoms with Gasteiger partial charge in [-0.3, -0.25) is 4.18 Å². The van der Waals surface area contributed by atoms with Crippen molar-refractivity contribution >= 4 is 10.4 Å². The van der Waals surface area contributed by atoms with Crippen molar-refractivity contribution in [3.63, 3.8) is 0 Å². The first-order chi connectivity index (χ1) is 5.06. The molecule has 0 rings (SSSR count). The minimum absolute atomic E-state index is 0.0197. The van der Waals surface area contributed by atoms with E-state index < -0.39 is 10.4 Å². The molecule has 0 spiro atoms. The summed E-state index contributed by atoms with van der Waals surface area (Å²) < 4.78 is 33.7. The Kier molecular flexibility index (Phi) is 5.45. The first-order valence-corrected chi connectivity index (χ1v) is 5.00. The highest BCUT2D eigenvalue weighted by Crippen LogP contribution is 1.99. The molecule has 11 heavy (non-hydrogen) atoms. The first-order valence-electron chi connectivity index (χ1n) is 3.66. The Balaban J connectivity index is 3.16. The molecule has 0 aliphatic rings. The van der Waals surface area contributed by atoms with Gasteiger partial charge in [-0.25, -0.2) is 8.42 Å². The zero-order valence-corrected chi connectivity index (χ0v) is 7.39.